The number of fused-ring (bicyclic) bond motifs is 1. The number of carbonyl (C=O) groups is 1. The van der Waals surface area contributed by atoms with Crippen molar-refractivity contribution in [3.05, 3.63) is 89.5 Å². The van der Waals surface area contributed by atoms with Crippen LogP contribution in [0.5, 0.6) is 11.5 Å². The minimum atomic E-state index is -0.126. The molecule has 4 rings (SSSR count). The van der Waals surface area contributed by atoms with Gasteiger partial charge in [-0.25, -0.2) is 0 Å². The highest BCUT2D eigenvalue weighted by atomic mass is 16.5. The quantitative estimate of drug-likeness (QED) is 0.603. The number of hydrogen-bond donors (Lipinski definition) is 1. The summed E-state index contributed by atoms with van der Waals surface area (Å²) < 4.78 is 10.6. The molecule has 0 unspecified atom stereocenters. The van der Waals surface area contributed by atoms with Crippen LogP contribution in [0.1, 0.15) is 16.7 Å². The summed E-state index contributed by atoms with van der Waals surface area (Å²) in [6, 6.07) is 24.5. The summed E-state index contributed by atoms with van der Waals surface area (Å²) in [6.45, 7) is 2.59. The van der Waals surface area contributed by atoms with E-state index in [1.807, 2.05) is 0 Å². The van der Waals surface area contributed by atoms with Crippen molar-refractivity contribution >= 4 is 11.6 Å². The Balaban J connectivity index is 1.20. The fraction of sp³-hybridized carbons (Fsp3) is 0.269. The first kappa shape index (κ1) is 20.8. The second-order valence-corrected chi connectivity index (χ2v) is 7.67. The van der Waals surface area contributed by atoms with Crippen molar-refractivity contribution in [2.24, 2.45) is 0 Å². The SMILES string of the molecule is COc1ccc(OCC(=O)NCCc2ccc(N3CCc4ccccc4C3)cc2)cc1. The van der Waals surface area contributed by atoms with Crippen molar-refractivity contribution in [3.8, 4) is 11.5 Å². The average molecular weight is 417 g/mol. The predicted molar refractivity (Wildman–Crippen MR) is 123 cm³/mol. The lowest BCUT2D eigenvalue weighted by molar-refractivity contribution is -0.123. The molecular weight excluding hydrogens is 388 g/mol. The minimum Gasteiger partial charge on any atom is -0.497 e. The minimum absolute atomic E-state index is 0.00169. The van der Waals surface area contributed by atoms with Crippen LogP contribution in [0.25, 0.3) is 0 Å². The smallest absolute Gasteiger partial charge is 0.257 e. The van der Waals surface area contributed by atoms with Gasteiger partial charge in [-0.2, -0.15) is 0 Å². The van der Waals surface area contributed by atoms with Gasteiger partial charge in [0, 0.05) is 25.3 Å². The molecule has 160 valence electrons. The first-order valence-electron chi connectivity index (χ1n) is 10.7. The Kier molecular flexibility index (Phi) is 6.72. The van der Waals surface area contributed by atoms with E-state index in [1.165, 1.54) is 22.4 Å². The van der Waals surface area contributed by atoms with E-state index >= 15 is 0 Å². The van der Waals surface area contributed by atoms with Crippen LogP contribution in [0.4, 0.5) is 5.69 Å². The number of ether oxygens (including phenoxy) is 2. The number of anilines is 1. The maximum Gasteiger partial charge on any atom is 0.257 e. The van der Waals surface area contributed by atoms with Gasteiger partial charge in [-0.05, 0) is 65.9 Å². The third kappa shape index (κ3) is 5.57. The van der Waals surface area contributed by atoms with Crippen molar-refractivity contribution in [2.75, 3.05) is 31.7 Å². The lowest BCUT2D eigenvalue weighted by Gasteiger charge is -2.30. The molecule has 5 nitrogen and oxygen atoms in total. The Morgan fingerprint density at radius 1 is 0.935 bits per heavy atom. The number of hydrogen-bond acceptors (Lipinski definition) is 4. The summed E-state index contributed by atoms with van der Waals surface area (Å²) in [6.07, 6.45) is 1.87. The highest BCUT2D eigenvalue weighted by Gasteiger charge is 2.15. The third-order valence-electron chi connectivity index (χ3n) is 5.60. The fourth-order valence-electron chi connectivity index (χ4n) is 3.81. The van der Waals surface area contributed by atoms with Crippen molar-refractivity contribution in [3.63, 3.8) is 0 Å². The molecule has 1 amide bonds. The monoisotopic (exact) mass is 416 g/mol. The van der Waals surface area contributed by atoms with Crippen molar-refractivity contribution in [1.82, 2.24) is 5.32 Å². The number of nitrogens with zero attached hydrogens (tertiary/aromatic N) is 1. The van der Waals surface area contributed by atoms with Gasteiger partial charge in [0.05, 0.1) is 7.11 Å². The van der Waals surface area contributed by atoms with E-state index in [2.05, 4.69) is 58.7 Å². The molecule has 1 N–H and O–H groups in total. The second kappa shape index (κ2) is 10.0. The molecule has 3 aromatic rings. The van der Waals surface area contributed by atoms with Crippen molar-refractivity contribution in [2.45, 2.75) is 19.4 Å². The Hall–Kier alpha value is -3.47. The maximum absolute atomic E-state index is 12.0. The highest BCUT2D eigenvalue weighted by Crippen LogP contribution is 2.24. The van der Waals surface area contributed by atoms with E-state index in [4.69, 9.17) is 9.47 Å². The van der Waals surface area contributed by atoms with Gasteiger partial charge in [-0.3, -0.25) is 4.79 Å². The number of rotatable bonds is 8. The molecule has 0 saturated heterocycles. The van der Waals surface area contributed by atoms with E-state index in [9.17, 15) is 4.79 Å². The molecule has 5 heteroatoms. The third-order valence-corrected chi connectivity index (χ3v) is 5.60. The van der Waals surface area contributed by atoms with Gasteiger partial charge in [0.2, 0.25) is 0 Å². The predicted octanol–water partition coefficient (Wildman–Crippen LogP) is 4.00. The topological polar surface area (TPSA) is 50.8 Å². The van der Waals surface area contributed by atoms with E-state index in [-0.39, 0.29) is 12.5 Å². The van der Waals surface area contributed by atoms with E-state index in [1.54, 1.807) is 31.4 Å². The molecule has 0 aliphatic carbocycles. The van der Waals surface area contributed by atoms with Gasteiger partial charge >= 0.3 is 0 Å². The second-order valence-electron chi connectivity index (χ2n) is 7.67. The molecule has 0 aromatic heterocycles. The first-order chi connectivity index (χ1) is 15.2. The van der Waals surface area contributed by atoms with Crippen molar-refractivity contribution in [1.29, 1.82) is 0 Å². The molecule has 0 saturated carbocycles. The molecule has 0 spiro atoms. The largest absolute Gasteiger partial charge is 0.497 e. The molecule has 0 radical (unpaired) electrons. The maximum atomic E-state index is 12.0. The number of benzene rings is 3. The molecular formula is C26H28N2O3. The van der Waals surface area contributed by atoms with Crippen LogP contribution in [0, 0.1) is 0 Å². The van der Waals surface area contributed by atoms with Crippen LogP contribution < -0.4 is 19.7 Å². The number of nitrogens with one attached hydrogen (secondary N) is 1. The average Bonchev–Trinajstić information content (AvgIpc) is 2.83. The van der Waals surface area contributed by atoms with Gasteiger partial charge in [0.1, 0.15) is 11.5 Å². The highest BCUT2D eigenvalue weighted by molar-refractivity contribution is 5.77. The Labute approximate surface area is 183 Å². The number of carbonyl (C=O) groups excluding carboxylic acids is 1. The van der Waals surface area contributed by atoms with Crippen molar-refractivity contribution < 1.29 is 14.3 Å². The first-order valence-corrected chi connectivity index (χ1v) is 10.7. The molecule has 1 aliphatic rings. The van der Waals surface area contributed by atoms with Gasteiger partial charge in [0.25, 0.3) is 5.91 Å². The summed E-state index contributed by atoms with van der Waals surface area (Å²) in [5.41, 5.74) is 5.33. The molecule has 0 atom stereocenters. The zero-order valence-electron chi connectivity index (χ0n) is 17.8. The summed E-state index contributed by atoms with van der Waals surface area (Å²) in [7, 11) is 1.61. The van der Waals surface area contributed by atoms with Gasteiger partial charge in [-0.15, -0.1) is 0 Å². The summed E-state index contributed by atoms with van der Waals surface area (Å²) in [4.78, 5) is 14.4. The normalized spacial score (nSPS) is 12.7. The number of methoxy groups -OCH3 is 1. The van der Waals surface area contributed by atoms with Crippen LogP contribution in [0.3, 0.4) is 0 Å². The molecule has 1 aliphatic heterocycles. The van der Waals surface area contributed by atoms with Gasteiger partial charge < -0.3 is 19.7 Å². The van der Waals surface area contributed by atoms with E-state index < -0.39 is 0 Å². The lowest BCUT2D eigenvalue weighted by Crippen LogP contribution is -2.31. The van der Waals surface area contributed by atoms with Gasteiger partial charge in [-0.1, -0.05) is 36.4 Å². The van der Waals surface area contributed by atoms with Crippen LogP contribution in [-0.2, 0) is 24.2 Å². The lowest BCUT2D eigenvalue weighted by atomic mass is 9.99. The zero-order valence-corrected chi connectivity index (χ0v) is 17.8. The summed E-state index contributed by atoms with van der Waals surface area (Å²) in [5, 5.41) is 2.91. The Morgan fingerprint density at radius 2 is 1.65 bits per heavy atom. The Morgan fingerprint density at radius 3 is 2.39 bits per heavy atom. The molecule has 3 aromatic carbocycles. The van der Waals surface area contributed by atoms with Crippen LogP contribution in [0.15, 0.2) is 72.8 Å². The molecule has 1 heterocycles. The van der Waals surface area contributed by atoms with Crippen LogP contribution in [0.2, 0.25) is 0 Å². The summed E-state index contributed by atoms with van der Waals surface area (Å²) >= 11 is 0. The summed E-state index contributed by atoms with van der Waals surface area (Å²) in [5.74, 6) is 1.28. The Bertz CT molecular complexity index is 1000. The standard InChI is InChI=1S/C26H28N2O3/c1-30-24-10-12-25(13-11-24)31-19-26(29)27-16-14-20-6-8-23(9-7-20)28-17-15-21-4-2-3-5-22(21)18-28/h2-13H,14-19H2,1H3,(H,27,29). The number of amides is 1. The van der Waals surface area contributed by atoms with E-state index in [0.29, 0.717) is 12.3 Å². The van der Waals surface area contributed by atoms with Gasteiger partial charge in [0.15, 0.2) is 6.61 Å². The molecule has 31 heavy (non-hydrogen) atoms. The van der Waals surface area contributed by atoms with Crippen LogP contribution >= 0.6 is 0 Å². The molecule has 0 bridgehead atoms. The fourth-order valence-corrected chi connectivity index (χ4v) is 3.81. The van der Waals surface area contributed by atoms with Crippen LogP contribution in [-0.4, -0.2) is 32.7 Å². The molecule has 0 fully saturated rings. The zero-order chi connectivity index (χ0) is 21.5. The van der Waals surface area contributed by atoms with E-state index in [0.717, 1.165) is 31.7 Å².